The van der Waals surface area contributed by atoms with E-state index in [0.717, 1.165) is 25.8 Å². The molecule has 2 aliphatic rings. The standard InChI is InChI=1S/C40H39N.C2H6/c1-6-14-29(7-2)27-41(32-17-9-8-10-18-32)33-23-24-36(37(26-33)34-19-12-11-15-28(34)3)38-25-31-22-21-30-16-13-20-35(30)39(31)40(38,4)5;1-2/h1,8-13,15-19,21-26,29H,7,14,20,27H2,2-5H3;1-2H3. The van der Waals surface area contributed by atoms with Gasteiger partial charge >= 0.3 is 0 Å². The van der Waals surface area contributed by atoms with E-state index in [9.17, 15) is 0 Å². The minimum Gasteiger partial charge on any atom is -0.341 e. The van der Waals surface area contributed by atoms with Gasteiger partial charge in [-0.1, -0.05) is 114 Å². The molecule has 6 rings (SSSR count). The van der Waals surface area contributed by atoms with Crippen LogP contribution in [0.4, 0.5) is 11.4 Å². The average molecular weight is 564 g/mol. The Morgan fingerprint density at radius 1 is 0.837 bits per heavy atom. The molecule has 1 nitrogen and oxygen atoms in total. The number of hydrogen-bond donors (Lipinski definition) is 0. The molecule has 2 aliphatic carbocycles. The van der Waals surface area contributed by atoms with E-state index in [1.165, 1.54) is 61.5 Å². The van der Waals surface area contributed by atoms with Gasteiger partial charge in [-0.05, 0) is 99.7 Å². The van der Waals surface area contributed by atoms with Crippen LogP contribution in [0.15, 0.2) is 91.0 Å². The summed E-state index contributed by atoms with van der Waals surface area (Å²) in [4.78, 5) is 2.46. The zero-order valence-electron chi connectivity index (χ0n) is 26.7. The lowest BCUT2D eigenvalue weighted by Gasteiger charge is -2.31. The van der Waals surface area contributed by atoms with Crippen LogP contribution in [0.25, 0.3) is 28.9 Å². The molecule has 0 fully saturated rings. The van der Waals surface area contributed by atoms with Gasteiger partial charge in [0.15, 0.2) is 0 Å². The second kappa shape index (κ2) is 12.9. The van der Waals surface area contributed by atoms with Crippen molar-refractivity contribution in [2.45, 2.75) is 66.2 Å². The average Bonchev–Trinajstić information content (AvgIpc) is 3.62. The third-order valence-electron chi connectivity index (χ3n) is 9.13. The molecule has 0 radical (unpaired) electrons. The predicted octanol–water partition coefficient (Wildman–Crippen LogP) is 11.3. The predicted molar refractivity (Wildman–Crippen MR) is 189 cm³/mol. The molecule has 0 amide bonds. The molecule has 0 spiro atoms. The summed E-state index contributed by atoms with van der Waals surface area (Å²) >= 11 is 0. The van der Waals surface area contributed by atoms with E-state index >= 15 is 0 Å². The van der Waals surface area contributed by atoms with Crippen molar-refractivity contribution in [3.63, 3.8) is 0 Å². The Kier molecular flexibility index (Phi) is 9.08. The molecule has 0 aliphatic heterocycles. The number of allylic oxidation sites excluding steroid dienone is 2. The third-order valence-corrected chi connectivity index (χ3v) is 9.13. The molecule has 218 valence electrons. The van der Waals surface area contributed by atoms with Crippen molar-refractivity contribution in [3.05, 3.63) is 124 Å². The second-order valence-corrected chi connectivity index (χ2v) is 12.1. The first-order valence-corrected chi connectivity index (χ1v) is 15.9. The van der Waals surface area contributed by atoms with Crippen LogP contribution in [0.5, 0.6) is 0 Å². The maximum Gasteiger partial charge on any atom is 0.0417 e. The summed E-state index contributed by atoms with van der Waals surface area (Å²) in [6, 6.07) is 31.2. The third kappa shape index (κ3) is 5.72. The van der Waals surface area contributed by atoms with Crippen molar-refractivity contribution < 1.29 is 0 Å². The fourth-order valence-electron chi connectivity index (χ4n) is 6.87. The zero-order chi connectivity index (χ0) is 30.6. The van der Waals surface area contributed by atoms with Crippen LogP contribution < -0.4 is 4.90 Å². The van der Waals surface area contributed by atoms with Crippen LogP contribution in [0.3, 0.4) is 0 Å². The first kappa shape index (κ1) is 30.2. The molecular weight excluding hydrogens is 518 g/mol. The first-order valence-electron chi connectivity index (χ1n) is 15.9. The summed E-state index contributed by atoms with van der Waals surface area (Å²) < 4.78 is 0. The summed E-state index contributed by atoms with van der Waals surface area (Å²) in [6.07, 6.45) is 15.7. The number of fused-ring (bicyclic) bond motifs is 3. The van der Waals surface area contributed by atoms with Gasteiger partial charge < -0.3 is 4.90 Å². The fourth-order valence-corrected chi connectivity index (χ4v) is 6.87. The number of terminal acetylenes is 1. The van der Waals surface area contributed by atoms with E-state index in [-0.39, 0.29) is 5.41 Å². The Bertz CT molecular complexity index is 1690. The summed E-state index contributed by atoms with van der Waals surface area (Å²) in [5.74, 6) is 3.33. The molecule has 0 aromatic heterocycles. The van der Waals surface area contributed by atoms with Crippen LogP contribution in [0.1, 0.15) is 80.8 Å². The molecule has 4 aromatic carbocycles. The van der Waals surface area contributed by atoms with Crippen LogP contribution in [0, 0.1) is 25.2 Å². The highest BCUT2D eigenvalue weighted by molar-refractivity contribution is 6.00. The largest absolute Gasteiger partial charge is 0.341 e. The van der Waals surface area contributed by atoms with Crippen molar-refractivity contribution in [1.82, 2.24) is 0 Å². The van der Waals surface area contributed by atoms with E-state index in [2.05, 4.69) is 142 Å². The van der Waals surface area contributed by atoms with Gasteiger partial charge in [0, 0.05) is 29.8 Å². The van der Waals surface area contributed by atoms with Gasteiger partial charge in [0.2, 0.25) is 0 Å². The van der Waals surface area contributed by atoms with Crippen LogP contribution in [-0.4, -0.2) is 6.54 Å². The van der Waals surface area contributed by atoms with Crippen molar-refractivity contribution in [2.75, 3.05) is 11.4 Å². The first-order chi connectivity index (χ1) is 20.9. The minimum absolute atomic E-state index is 0.0924. The second-order valence-electron chi connectivity index (χ2n) is 12.1. The summed E-state index contributed by atoms with van der Waals surface area (Å²) in [5.41, 5.74) is 14.6. The number of aryl methyl sites for hydroxylation is 1. The number of nitrogens with zero attached hydrogens (tertiary/aromatic N) is 1. The zero-order valence-corrected chi connectivity index (χ0v) is 26.7. The molecule has 4 aromatic rings. The summed E-state index contributed by atoms with van der Waals surface area (Å²) in [5, 5.41) is 0. The lowest BCUT2D eigenvalue weighted by atomic mass is 9.74. The van der Waals surface area contributed by atoms with Gasteiger partial charge in [0.05, 0.1) is 0 Å². The minimum atomic E-state index is -0.0924. The van der Waals surface area contributed by atoms with Gasteiger partial charge in [-0.2, -0.15) is 0 Å². The Labute approximate surface area is 260 Å². The van der Waals surface area contributed by atoms with Crippen molar-refractivity contribution in [3.8, 4) is 23.5 Å². The summed E-state index contributed by atoms with van der Waals surface area (Å²) in [7, 11) is 0. The molecular formula is C42H45N. The quantitative estimate of drug-likeness (QED) is 0.193. The molecule has 0 heterocycles. The molecule has 0 N–H and O–H groups in total. The molecule has 0 saturated heterocycles. The van der Waals surface area contributed by atoms with Crippen molar-refractivity contribution >= 4 is 29.1 Å². The van der Waals surface area contributed by atoms with E-state index in [1.54, 1.807) is 0 Å². The number of para-hydroxylation sites is 1. The highest BCUT2D eigenvalue weighted by atomic mass is 15.1. The molecule has 1 atom stereocenters. The Morgan fingerprint density at radius 2 is 1.56 bits per heavy atom. The van der Waals surface area contributed by atoms with E-state index in [1.807, 2.05) is 13.8 Å². The van der Waals surface area contributed by atoms with Crippen LogP contribution in [-0.2, 0) is 11.8 Å². The van der Waals surface area contributed by atoms with Gasteiger partial charge in [-0.15, -0.1) is 12.3 Å². The lowest BCUT2D eigenvalue weighted by molar-refractivity contribution is 0.531. The number of hydrogen-bond acceptors (Lipinski definition) is 1. The highest BCUT2D eigenvalue weighted by Crippen LogP contribution is 2.52. The van der Waals surface area contributed by atoms with E-state index < -0.39 is 0 Å². The van der Waals surface area contributed by atoms with Crippen LogP contribution in [0.2, 0.25) is 0 Å². The lowest BCUT2D eigenvalue weighted by Crippen LogP contribution is -2.25. The molecule has 0 saturated carbocycles. The van der Waals surface area contributed by atoms with Crippen molar-refractivity contribution in [1.29, 1.82) is 0 Å². The number of benzene rings is 4. The van der Waals surface area contributed by atoms with Gasteiger partial charge in [0.25, 0.3) is 0 Å². The normalized spacial score (nSPS) is 14.6. The van der Waals surface area contributed by atoms with Gasteiger partial charge in [-0.25, -0.2) is 0 Å². The van der Waals surface area contributed by atoms with Gasteiger partial charge in [0.1, 0.15) is 0 Å². The smallest absolute Gasteiger partial charge is 0.0417 e. The fraction of sp³-hybridized carbons (Fsp3) is 0.286. The van der Waals surface area contributed by atoms with E-state index in [0.29, 0.717) is 5.92 Å². The molecule has 0 bridgehead atoms. The maximum absolute atomic E-state index is 5.78. The SMILES string of the molecule is C#CCC(CC)CN(c1ccccc1)c1ccc(C2=Cc3ccc4c(c3C2(C)C)CC=C4)c(-c2ccccc2C)c1.CC. The Hall–Kier alpha value is -4.28. The van der Waals surface area contributed by atoms with Crippen LogP contribution >= 0.6 is 0 Å². The monoisotopic (exact) mass is 563 g/mol. The number of rotatable bonds is 8. The van der Waals surface area contributed by atoms with E-state index in [4.69, 9.17) is 6.42 Å². The molecule has 1 unspecified atom stereocenters. The summed E-state index contributed by atoms with van der Waals surface area (Å²) in [6.45, 7) is 14.2. The maximum atomic E-state index is 5.78. The molecule has 1 heteroatoms. The van der Waals surface area contributed by atoms with Crippen molar-refractivity contribution in [2.24, 2.45) is 5.92 Å². The Morgan fingerprint density at radius 3 is 2.28 bits per heavy atom. The Balaban J connectivity index is 0.00000180. The number of anilines is 2. The molecule has 43 heavy (non-hydrogen) atoms. The highest BCUT2D eigenvalue weighted by Gasteiger charge is 2.37. The topological polar surface area (TPSA) is 3.24 Å². The van der Waals surface area contributed by atoms with Gasteiger partial charge in [-0.3, -0.25) is 0 Å².